The van der Waals surface area contributed by atoms with Gasteiger partial charge in [0, 0.05) is 25.5 Å². The second-order valence-corrected chi connectivity index (χ2v) is 4.91. The second kappa shape index (κ2) is 4.28. The van der Waals surface area contributed by atoms with E-state index >= 15 is 0 Å². The van der Waals surface area contributed by atoms with Crippen LogP contribution in [0.25, 0.3) is 22.3 Å². The summed E-state index contributed by atoms with van der Waals surface area (Å²) >= 11 is 0. The van der Waals surface area contributed by atoms with Gasteiger partial charge in [0.05, 0.1) is 16.8 Å². The summed E-state index contributed by atoms with van der Waals surface area (Å²) in [5, 5.41) is 4.74. The van der Waals surface area contributed by atoms with Crippen molar-refractivity contribution in [3.63, 3.8) is 0 Å². The predicted octanol–water partition coefficient (Wildman–Crippen LogP) is 3.18. The number of benzene rings is 1. The van der Waals surface area contributed by atoms with Crippen molar-refractivity contribution in [2.45, 2.75) is 6.18 Å². The minimum Gasteiger partial charge on any atom is -0.384 e. The molecule has 0 saturated carbocycles. The Hall–Kier alpha value is -2.44. The molecule has 0 spiro atoms. The smallest absolute Gasteiger partial charge is 0.384 e. The molecule has 0 unspecified atom stereocenters. The molecular weight excluding hydrogens is 281 g/mol. The van der Waals surface area contributed by atoms with Crippen LogP contribution < -0.4 is 5.73 Å². The largest absolute Gasteiger partial charge is 0.418 e. The highest BCUT2D eigenvalue weighted by Gasteiger charge is 2.34. The first-order valence-corrected chi connectivity index (χ1v) is 6.24. The van der Waals surface area contributed by atoms with Crippen LogP contribution in [0.1, 0.15) is 5.56 Å². The van der Waals surface area contributed by atoms with Gasteiger partial charge in [0.1, 0.15) is 11.5 Å². The molecule has 0 amide bonds. The number of hydrogen-bond acceptors (Lipinski definition) is 2. The molecule has 3 aromatic rings. The number of nitrogens with zero attached hydrogens (tertiary/aromatic N) is 3. The van der Waals surface area contributed by atoms with E-state index in [4.69, 9.17) is 5.73 Å². The van der Waals surface area contributed by atoms with Crippen LogP contribution in [0.4, 0.5) is 19.0 Å². The van der Waals surface area contributed by atoms with E-state index in [0.29, 0.717) is 22.6 Å². The summed E-state index contributed by atoms with van der Waals surface area (Å²) in [7, 11) is 3.28. The van der Waals surface area contributed by atoms with Crippen molar-refractivity contribution in [1.82, 2.24) is 14.3 Å². The van der Waals surface area contributed by atoms with Gasteiger partial charge in [-0.1, -0.05) is 12.1 Å². The molecule has 2 N–H and O–H groups in total. The molecule has 110 valence electrons. The average molecular weight is 294 g/mol. The number of para-hydroxylation sites is 1. The zero-order valence-electron chi connectivity index (χ0n) is 11.4. The Kier molecular flexibility index (Phi) is 2.76. The van der Waals surface area contributed by atoms with Gasteiger partial charge in [0.15, 0.2) is 0 Å². The minimum atomic E-state index is -4.40. The second-order valence-electron chi connectivity index (χ2n) is 4.91. The topological polar surface area (TPSA) is 48.8 Å². The highest BCUT2D eigenvalue weighted by atomic mass is 19.4. The summed E-state index contributed by atoms with van der Waals surface area (Å²) in [6.45, 7) is 0. The lowest BCUT2D eigenvalue weighted by Crippen LogP contribution is -2.07. The van der Waals surface area contributed by atoms with Crippen molar-refractivity contribution >= 4 is 16.7 Å². The van der Waals surface area contributed by atoms with Crippen LogP contribution in [-0.2, 0) is 20.3 Å². The first-order chi connectivity index (χ1) is 9.79. The van der Waals surface area contributed by atoms with Gasteiger partial charge < -0.3 is 10.3 Å². The summed E-state index contributed by atoms with van der Waals surface area (Å²) in [4.78, 5) is 0. The van der Waals surface area contributed by atoms with E-state index in [1.54, 1.807) is 32.3 Å². The van der Waals surface area contributed by atoms with E-state index in [2.05, 4.69) is 5.10 Å². The van der Waals surface area contributed by atoms with Crippen LogP contribution >= 0.6 is 0 Å². The number of aryl methyl sites for hydroxylation is 2. The van der Waals surface area contributed by atoms with Crippen molar-refractivity contribution in [1.29, 1.82) is 0 Å². The van der Waals surface area contributed by atoms with Gasteiger partial charge in [0.2, 0.25) is 0 Å². The van der Waals surface area contributed by atoms with Crippen molar-refractivity contribution < 1.29 is 13.2 Å². The van der Waals surface area contributed by atoms with Crippen LogP contribution in [0.2, 0.25) is 0 Å². The lowest BCUT2D eigenvalue weighted by atomic mass is 10.1. The van der Waals surface area contributed by atoms with Crippen molar-refractivity contribution in [2.75, 3.05) is 5.73 Å². The summed E-state index contributed by atoms with van der Waals surface area (Å²) in [5.74, 6) is 0.450. The summed E-state index contributed by atoms with van der Waals surface area (Å²) in [5.41, 5.74) is 6.36. The molecule has 7 heteroatoms. The Labute approximate surface area is 118 Å². The molecule has 3 rings (SSSR count). The maximum absolute atomic E-state index is 13.1. The third-order valence-electron chi connectivity index (χ3n) is 3.54. The van der Waals surface area contributed by atoms with E-state index < -0.39 is 11.7 Å². The number of hydrogen-bond donors (Lipinski definition) is 1. The molecule has 1 aromatic carbocycles. The van der Waals surface area contributed by atoms with Crippen LogP contribution in [0.5, 0.6) is 0 Å². The molecule has 0 fully saturated rings. The molecule has 4 nitrogen and oxygen atoms in total. The van der Waals surface area contributed by atoms with Crippen LogP contribution in [-0.4, -0.2) is 14.3 Å². The van der Waals surface area contributed by atoms with Gasteiger partial charge in [-0.2, -0.15) is 18.3 Å². The molecule has 0 saturated heterocycles. The fourth-order valence-corrected chi connectivity index (χ4v) is 2.50. The summed E-state index contributed by atoms with van der Waals surface area (Å²) in [6.07, 6.45) is -4.40. The molecule has 2 heterocycles. The lowest BCUT2D eigenvalue weighted by Gasteiger charge is -2.10. The number of alkyl halides is 3. The third kappa shape index (κ3) is 2.05. The standard InChI is InChI=1S/C14H13F3N4/c1-20-11(10-7-12(18)21(2)19-10)6-8-4-3-5-9(13(8)20)14(15,16)17/h3-7H,18H2,1-2H3. The Morgan fingerprint density at radius 1 is 1.14 bits per heavy atom. The number of anilines is 1. The molecule has 0 aliphatic carbocycles. The van der Waals surface area contributed by atoms with Gasteiger partial charge in [-0.25, -0.2) is 0 Å². The molecule has 0 aliphatic rings. The Morgan fingerprint density at radius 3 is 2.43 bits per heavy atom. The summed E-state index contributed by atoms with van der Waals surface area (Å²) < 4.78 is 42.4. The monoisotopic (exact) mass is 294 g/mol. The fraction of sp³-hybridized carbons (Fsp3) is 0.214. The van der Waals surface area contributed by atoms with Crippen LogP contribution in [0.3, 0.4) is 0 Å². The quantitative estimate of drug-likeness (QED) is 0.749. The fourth-order valence-electron chi connectivity index (χ4n) is 2.50. The maximum atomic E-state index is 13.1. The molecule has 2 aromatic heterocycles. The number of nitrogen functional groups attached to an aromatic ring is 1. The van der Waals surface area contributed by atoms with Gasteiger partial charge in [-0.3, -0.25) is 4.68 Å². The van der Waals surface area contributed by atoms with Crippen molar-refractivity contribution in [3.8, 4) is 11.4 Å². The van der Waals surface area contributed by atoms with E-state index in [1.165, 1.54) is 15.3 Å². The Morgan fingerprint density at radius 2 is 1.86 bits per heavy atom. The number of aromatic nitrogens is 3. The van der Waals surface area contributed by atoms with Gasteiger partial charge in [0.25, 0.3) is 0 Å². The average Bonchev–Trinajstić information content (AvgIpc) is 2.90. The zero-order valence-corrected chi connectivity index (χ0v) is 11.4. The van der Waals surface area contributed by atoms with E-state index in [0.717, 1.165) is 6.07 Å². The summed E-state index contributed by atoms with van der Waals surface area (Å²) in [6, 6.07) is 7.47. The molecule has 0 radical (unpaired) electrons. The van der Waals surface area contributed by atoms with Gasteiger partial charge in [-0.05, 0) is 12.1 Å². The molecule has 0 bridgehead atoms. The predicted molar refractivity (Wildman–Crippen MR) is 74.5 cm³/mol. The normalized spacial score (nSPS) is 12.2. The minimum absolute atomic E-state index is 0.143. The maximum Gasteiger partial charge on any atom is 0.418 e. The molecule has 0 aliphatic heterocycles. The zero-order chi connectivity index (χ0) is 15.4. The SMILES string of the molecule is Cn1nc(-c2cc3cccc(C(F)(F)F)c3n2C)cc1N. The highest BCUT2D eigenvalue weighted by molar-refractivity contribution is 5.89. The van der Waals surface area contributed by atoms with E-state index in [-0.39, 0.29) is 5.52 Å². The van der Waals surface area contributed by atoms with Gasteiger partial charge in [-0.15, -0.1) is 0 Å². The van der Waals surface area contributed by atoms with Gasteiger partial charge >= 0.3 is 6.18 Å². The van der Waals surface area contributed by atoms with Crippen LogP contribution in [0, 0.1) is 0 Å². The van der Waals surface area contributed by atoms with Crippen molar-refractivity contribution in [3.05, 3.63) is 35.9 Å². The number of rotatable bonds is 1. The van der Waals surface area contributed by atoms with E-state index in [1.807, 2.05) is 0 Å². The highest BCUT2D eigenvalue weighted by Crippen LogP contribution is 2.37. The molecule has 21 heavy (non-hydrogen) atoms. The molecular formula is C14H13F3N4. The third-order valence-corrected chi connectivity index (χ3v) is 3.54. The number of nitrogens with two attached hydrogens (primary N) is 1. The number of halogens is 3. The Bertz CT molecular complexity index is 807. The van der Waals surface area contributed by atoms with Crippen LogP contribution in [0.15, 0.2) is 30.3 Å². The number of fused-ring (bicyclic) bond motifs is 1. The first-order valence-electron chi connectivity index (χ1n) is 6.24. The molecule has 0 atom stereocenters. The first kappa shape index (κ1) is 13.5. The lowest BCUT2D eigenvalue weighted by molar-refractivity contribution is -0.136. The Balaban J connectivity index is 2.30. The van der Waals surface area contributed by atoms with E-state index in [9.17, 15) is 13.2 Å². The van der Waals surface area contributed by atoms with Crippen molar-refractivity contribution in [2.24, 2.45) is 14.1 Å².